The summed E-state index contributed by atoms with van der Waals surface area (Å²) in [5, 5.41) is 10.1. The molecule has 1 aliphatic carbocycles. The summed E-state index contributed by atoms with van der Waals surface area (Å²) in [7, 11) is 0. The fourth-order valence-corrected chi connectivity index (χ4v) is 4.08. The number of rotatable bonds is 5. The van der Waals surface area contributed by atoms with Crippen LogP contribution in [0, 0.1) is 11.3 Å². The first-order valence-corrected chi connectivity index (χ1v) is 9.34. The molecule has 2 aliphatic rings. The number of aromatic hydroxyl groups is 1. The molecular weight excluding hydrogens is 344 g/mol. The highest BCUT2D eigenvalue weighted by molar-refractivity contribution is 6.00. The maximum Gasteiger partial charge on any atom is 0.320 e. The number of carbonyl (C=O) groups is 2. The number of carbonyl (C=O) groups excluding carboxylic acids is 2. The van der Waals surface area contributed by atoms with Crippen LogP contribution in [-0.2, 0) is 25.5 Å². The number of hydrogen-bond acceptors (Lipinski definition) is 5. The van der Waals surface area contributed by atoms with Crippen molar-refractivity contribution in [3.05, 3.63) is 53.3 Å². The second-order valence-corrected chi connectivity index (χ2v) is 7.49. The molecule has 1 aromatic rings. The Hall–Kier alpha value is -2.56. The molecule has 5 nitrogen and oxygen atoms in total. The van der Waals surface area contributed by atoms with E-state index in [-0.39, 0.29) is 49.0 Å². The van der Waals surface area contributed by atoms with E-state index in [1.165, 1.54) is 0 Å². The van der Waals surface area contributed by atoms with Crippen molar-refractivity contribution in [2.75, 3.05) is 6.61 Å². The van der Waals surface area contributed by atoms with Crippen molar-refractivity contribution in [3.63, 3.8) is 0 Å². The second-order valence-electron chi connectivity index (χ2n) is 7.49. The summed E-state index contributed by atoms with van der Waals surface area (Å²) in [6, 6.07) is 6.89. The van der Waals surface area contributed by atoms with Gasteiger partial charge in [-0.25, -0.2) is 0 Å². The molecule has 1 heterocycles. The first-order chi connectivity index (χ1) is 12.8. The molecule has 0 aromatic heterocycles. The third-order valence-corrected chi connectivity index (χ3v) is 5.66. The molecule has 1 aliphatic heterocycles. The van der Waals surface area contributed by atoms with Gasteiger partial charge in [-0.15, -0.1) is 0 Å². The van der Waals surface area contributed by atoms with Gasteiger partial charge in [-0.3, -0.25) is 9.59 Å². The lowest BCUT2D eigenvalue weighted by Crippen LogP contribution is -2.43. The highest BCUT2D eigenvalue weighted by Crippen LogP contribution is 2.55. The summed E-state index contributed by atoms with van der Waals surface area (Å²) in [6.07, 6.45) is 0.557. The normalized spacial score (nSPS) is 27.1. The van der Waals surface area contributed by atoms with Crippen molar-refractivity contribution in [2.45, 2.75) is 46.1 Å². The van der Waals surface area contributed by atoms with Crippen molar-refractivity contribution in [1.29, 1.82) is 0 Å². The molecular formula is C22H26O5. The molecule has 1 aromatic carbocycles. The fraction of sp³-hybridized carbons (Fsp3) is 0.455. The summed E-state index contributed by atoms with van der Waals surface area (Å²) in [5.74, 6) is -0.104. The summed E-state index contributed by atoms with van der Waals surface area (Å²) in [5.41, 5.74) is 0.907. The predicted octanol–water partition coefficient (Wildman–Crippen LogP) is 3.71. The van der Waals surface area contributed by atoms with Crippen molar-refractivity contribution in [1.82, 2.24) is 0 Å². The number of allylic oxidation sites excluding steroid dienone is 1. The molecule has 0 spiro atoms. The summed E-state index contributed by atoms with van der Waals surface area (Å²) in [6.45, 7) is 9.76. The molecule has 0 unspecified atom stereocenters. The van der Waals surface area contributed by atoms with Gasteiger partial charge >= 0.3 is 5.97 Å². The third-order valence-electron chi connectivity index (χ3n) is 5.66. The van der Waals surface area contributed by atoms with Crippen LogP contribution in [0.2, 0.25) is 0 Å². The number of para-hydroxylation sites is 1. The SMILES string of the molecule is C=C(C)[C@@H]1C[C@@]2(C(=O)OCC)C(=C(Cc3ccccc3O)C(=O)C[C@@H]2C)O1. The molecule has 144 valence electrons. The second kappa shape index (κ2) is 7.22. The topological polar surface area (TPSA) is 72.8 Å². The number of ketones is 1. The van der Waals surface area contributed by atoms with Gasteiger partial charge in [0.2, 0.25) is 0 Å². The van der Waals surface area contributed by atoms with Crippen LogP contribution in [0.15, 0.2) is 47.7 Å². The molecule has 3 atom stereocenters. The molecule has 0 amide bonds. The maximum atomic E-state index is 13.0. The van der Waals surface area contributed by atoms with Gasteiger partial charge in [-0.2, -0.15) is 0 Å². The smallest absolute Gasteiger partial charge is 0.320 e. The van der Waals surface area contributed by atoms with Gasteiger partial charge in [-0.05, 0) is 37.0 Å². The maximum absolute atomic E-state index is 13.0. The lowest BCUT2D eigenvalue weighted by molar-refractivity contribution is -0.157. The molecule has 0 radical (unpaired) electrons. The average Bonchev–Trinajstić information content (AvgIpc) is 3.03. The molecule has 5 heteroatoms. The van der Waals surface area contributed by atoms with Crippen LogP contribution in [0.3, 0.4) is 0 Å². The van der Waals surface area contributed by atoms with Crippen LogP contribution in [0.25, 0.3) is 0 Å². The van der Waals surface area contributed by atoms with Gasteiger partial charge in [0.1, 0.15) is 23.0 Å². The molecule has 1 N–H and O–H groups in total. The first kappa shape index (κ1) is 19.2. The molecule has 1 fully saturated rings. The fourth-order valence-electron chi connectivity index (χ4n) is 4.08. The molecule has 27 heavy (non-hydrogen) atoms. The zero-order valence-corrected chi connectivity index (χ0v) is 16.1. The Labute approximate surface area is 159 Å². The Kier molecular flexibility index (Phi) is 5.13. The van der Waals surface area contributed by atoms with Crippen molar-refractivity contribution in [2.24, 2.45) is 11.3 Å². The largest absolute Gasteiger partial charge is 0.508 e. The highest BCUT2D eigenvalue weighted by atomic mass is 16.5. The minimum absolute atomic E-state index is 0.0527. The van der Waals surface area contributed by atoms with Crippen molar-refractivity contribution in [3.8, 4) is 5.75 Å². The number of phenolic OH excluding ortho intramolecular Hbond substituents is 1. The van der Waals surface area contributed by atoms with E-state index < -0.39 is 5.41 Å². The highest BCUT2D eigenvalue weighted by Gasteiger charge is 2.60. The lowest BCUT2D eigenvalue weighted by atomic mass is 9.65. The number of Topliss-reactive ketones (excluding diaryl/α,β-unsaturated/α-hetero) is 1. The number of fused-ring (bicyclic) bond motifs is 1. The van der Waals surface area contributed by atoms with Gasteiger partial charge in [0, 0.05) is 24.8 Å². The van der Waals surface area contributed by atoms with E-state index in [9.17, 15) is 14.7 Å². The zero-order valence-electron chi connectivity index (χ0n) is 16.1. The number of esters is 1. The Morgan fingerprint density at radius 1 is 1.41 bits per heavy atom. The molecule has 3 rings (SSSR count). The van der Waals surface area contributed by atoms with Gasteiger partial charge in [0.15, 0.2) is 5.78 Å². The number of hydrogen-bond donors (Lipinski definition) is 1. The van der Waals surface area contributed by atoms with Crippen LogP contribution < -0.4 is 0 Å². The monoisotopic (exact) mass is 370 g/mol. The van der Waals surface area contributed by atoms with E-state index in [0.717, 1.165) is 5.57 Å². The quantitative estimate of drug-likeness (QED) is 0.632. The van der Waals surface area contributed by atoms with Crippen LogP contribution >= 0.6 is 0 Å². The zero-order chi connectivity index (χ0) is 19.8. The predicted molar refractivity (Wildman–Crippen MR) is 101 cm³/mol. The van der Waals surface area contributed by atoms with Crippen LogP contribution in [-0.4, -0.2) is 29.6 Å². The van der Waals surface area contributed by atoms with Gasteiger partial charge in [0.05, 0.1) is 6.61 Å². The first-order valence-electron chi connectivity index (χ1n) is 9.34. The number of phenols is 1. The Morgan fingerprint density at radius 3 is 2.74 bits per heavy atom. The lowest BCUT2D eigenvalue weighted by Gasteiger charge is -2.36. The van der Waals surface area contributed by atoms with E-state index in [1.54, 1.807) is 31.2 Å². The minimum Gasteiger partial charge on any atom is -0.508 e. The third kappa shape index (κ3) is 3.15. The van der Waals surface area contributed by atoms with Gasteiger partial charge < -0.3 is 14.6 Å². The van der Waals surface area contributed by atoms with Crippen LogP contribution in [0.4, 0.5) is 0 Å². The Morgan fingerprint density at radius 2 is 2.11 bits per heavy atom. The molecule has 0 saturated carbocycles. The standard InChI is InChI=1S/C22H26O5/c1-5-26-21(25)22-12-19(13(2)3)27-20(22)16(18(24)10-14(22)4)11-15-8-6-7-9-17(15)23/h6-9,14,19,23H,2,5,10-12H2,1,3-4H3/t14-,19-,22-/m0/s1. The Bertz CT molecular complexity index is 822. The minimum atomic E-state index is -0.979. The van der Waals surface area contributed by atoms with E-state index in [0.29, 0.717) is 23.3 Å². The van der Waals surface area contributed by atoms with E-state index in [4.69, 9.17) is 9.47 Å². The van der Waals surface area contributed by atoms with E-state index in [2.05, 4.69) is 6.58 Å². The van der Waals surface area contributed by atoms with E-state index in [1.807, 2.05) is 13.8 Å². The van der Waals surface area contributed by atoms with Crippen LogP contribution in [0.5, 0.6) is 5.75 Å². The Balaban J connectivity index is 2.14. The van der Waals surface area contributed by atoms with Gasteiger partial charge in [-0.1, -0.05) is 31.7 Å². The van der Waals surface area contributed by atoms with Crippen molar-refractivity contribution < 1.29 is 24.2 Å². The summed E-state index contributed by atoms with van der Waals surface area (Å²) >= 11 is 0. The van der Waals surface area contributed by atoms with Crippen LogP contribution in [0.1, 0.15) is 39.2 Å². The number of benzene rings is 1. The van der Waals surface area contributed by atoms with Gasteiger partial charge in [0.25, 0.3) is 0 Å². The average molecular weight is 370 g/mol. The molecule has 0 bridgehead atoms. The van der Waals surface area contributed by atoms with E-state index >= 15 is 0 Å². The van der Waals surface area contributed by atoms with Crippen molar-refractivity contribution >= 4 is 11.8 Å². The molecule has 1 saturated heterocycles. The summed E-state index contributed by atoms with van der Waals surface area (Å²) < 4.78 is 11.5. The number of ether oxygens (including phenoxy) is 2. The summed E-state index contributed by atoms with van der Waals surface area (Å²) in [4.78, 5) is 25.9.